The van der Waals surface area contributed by atoms with Crippen LogP contribution in [0.15, 0.2) is 23.0 Å². The molecule has 206 valence electrons. The summed E-state index contributed by atoms with van der Waals surface area (Å²) in [4.78, 5) is 32.7. The summed E-state index contributed by atoms with van der Waals surface area (Å²) in [5.74, 6) is 0.568. The summed E-state index contributed by atoms with van der Waals surface area (Å²) < 4.78 is 17.9. The molecule has 11 heteroatoms. The summed E-state index contributed by atoms with van der Waals surface area (Å²) in [5.41, 5.74) is 4.34. The Labute approximate surface area is 225 Å². The minimum absolute atomic E-state index is 0.141. The van der Waals surface area contributed by atoms with E-state index in [0.29, 0.717) is 47.1 Å². The van der Waals surface area contributed by atoms with Crippen LogP contribution in [0.25, 0.3) is 22.3 Å². The van der Waals surface area contributed by atoms with Crippen molar-refractivity contribution in [3.63, 3.8) is 0 Å². The molecule has 6 heterocycles. The number of carbonyl (C=O) groups is 1. The lowest BCUT2D eigenvalue weighted by Crippen LogP contribution is -2.45. The number of rotatable bonds is 5. The Hall–Kier alpha value is -3.51. The van der Waals surface area contributed by atoms with Crippen LogP contribution in [0.3, 0.4) is 0 Å². The van der Waals surface area contributed by atoms with Gasteiger partial charge < -0.3 is 34.5 Å². The van der Waals surface area contributed by atoms with E-state index in [9.17, 15) is 14.7 Å². The highest BCUT2D eigenvalue weighted by molar-refractivity contribution is 5.91. The number of fused-ring (bicyclic) bond motifs is 6. The van der Waals surface area contributed by atoms with Crippen LogP contribution in [-0.2, 0) is 29.2 Å². The number of hydrogen-bond acceptors (Lipinski definition) is 10. The lowest BCUT2D eigenvalue weighted by Gasteiger charge is -2.27. The zero-order valence-electron chi connectivity index (χ0n) is 22.2. The number of piperazine rings is 1. The van der Waals surface area contributed by atoms with Crippen LogP contribution >= 0.6 is 0 Å². The molecule has 1 unspecified atom stereocenters. The fourth-order valence-electron chi connectivity index (χ4n) is 5.69. The van der Waals surface area contributed by atoms with Gasteiger partial charge in [-0.15, -0.1) is 0 Å². The first-order valence-electron chi connectivity index (χ1n) is 13.6. The Kier molecular flexibility index (Phi) is 6.98. The van der Waals surface area contributed by atoms with Crippen LogP contribution in [0.2, 0.25) is 0 Å². The number of cyclic esters (lactones) is 1. The average molecular weight is 536 g/mol. The second-order valence-electron chi connectivity index (χ2n) is 9.77. The van der Waals surface area contributed by atoms with Gasteiger partial charge in [0.05, 0.1) is 29.0 Å². The maximum atomic E-state index is 13.4. The Balaban J connectivity index is 0.00000135. The van der Waals surface area contributed by atoms with Crippen molar-refractivity contribution < 1.29 is 24.1 Å². The molecular weight excluding hydrogens is 502 g/mol. The topological polar surface area (TPSA) is 127 Å². The third-order valence-corrected chi connectivity index (χ3v) is 7.68. The maximum absolute atomic E-state index is 13.4. The molecular formula is C28H33N5O6. The van der Waals surface area contributed by atoms with Crippen LogP contribution in [0.4, 0.5) is 0 Å². The summed E-state index contributed by atoms with van der Waals surface area (Å²) in [6, 6.07) is 5.54. The molecule has 11 nitrogen and oxygen atoms in total. The zero-order chi connectivity index (χ0) is 27.1. The third kappa shape index (κ3) is 4.45. The quantitative estimate of drug-likeness (QED) is 0.254. The van der Waals surface area contributed by atoms with Crippen LogP contribution in [0.5, 0.6) is 11.5 Å². The minimum Gasteiger partial charge on any atom is -0.458 e. The number of nitrogens with zero attached hydrogens (tertiary/aromatic N) is 3. The number of hydrogen-bond donors (Lipinski definition) is 3. The first-order chi connectivity index (χ1) is 19.1. The van der Waals surface area contributed by atoms with Gasteiger partial charge in [0.2, 0.25) is 6.79 Å². The van der Waals surface area contributed by atoms with Gasteiger partial charge in [-0.1, -0.05) is 13.8 Å². The number of aliphatic hydroxyl groups is 1. The average Bonchev–Trinajstić information content (AvgIpc) is 3.58. The normalized spacial score (nSPS) is 19.2. The Morgan fingerprint density at radius 3 is 2.64 bits per heavy atom. The van der Waals surface area contributed by atoms with E-state index in [2.05, 4.69) is 15.5 Å². The fourth-order valence-corrected chi connectivity index (χ4v) is 5.69. The summed E-state index contributed by atoms with van der Waals surface area (Å²) in [6.45, 7) is 10.9. The van der Waals surface area contributed by atoms with Crippen molar-refractivity contribution in [1.82, 2.24) is 25.1 Å². The first-order valence-corrected chi connectivity index (χ1v) is 13.6. The first kappa shape index (κ1) is 25.8. The van der Waals surface area contributed by atoms with E-state index >= 15 is 0 Å². The van der Waals surface area contributed by atoms with E-state index in [-0.39, 0.29) is 19.0 Å². The van der Waals surface area contributed by atoms with Crippen LogP contribution < -0.4 is 25.7 Å². The SMILES string of the molecule is CC.O=C1OCc2c(cc3n(c2=O)Cc2c-3nc3cc4c(cc3c2CNCCN2CCNCC2)OCO4)C1O. The third-order valence-electron chi connectivity index (χ3n) is 7.68. The second kappa shape index (κ2) is 10.6. The number of carbonyl (C=O) groups excluding carboxylic acids is 1. The van der Waals surface area contributed by atoms with E-state index in [1.807, 2.05) is 26.0 Å². The predicted molar refractivity (Wildman–Crippen MR) is 144 cm³/mol. The van der Waals surface area contributed by atoms with Crippen molar-refractivity contribution in [2.45, 2.75) is 39.6 Å². The fraction of sp³-hybridized carbons (Fsp3) is 0.464. The molecule has 0 spiro atoms. The van der Waals surface area contributed by atoms with Crippen molar-refractivity contribution >= 4 is 16.9 Å². The molecule has 2 aromatic heterocycles. The summed E-state index contributed by atoms with van der Waals surface area (Å²) in [6.07, 6.45) is -1.48. The largest absolute Gasteiger partial charge is 0.458 e. The molecule has 0 amide bonds. The second-order valence-corrected chi connectivity index (χ2v) is 9.77. The lowest BCUT2D eigenvalue weighted by atomic mass is 9.98. The van der Waals surface area contributed by atoms with Gasteiger partial charge in [0, 0.05) is 68.4 Å². The molecule has 0 aliphatic carbocycles. The monoisotopic (exact) mass is 535 g/mol. The Morgan fingerprint density at radius 1 is 1.08 bits per heavy atom. The van der Waals surface area contributed by atoms with Gasteiger partial charge in [-0.3, -0.25) is 9.69 Å². The van der Waals surface area contributed by atoms with Gasteiger partial charge in [0.15, 0.2) is 17.6 Å². The van der Waals surface area contributed by atoms with Gasteiger partial charge in [0.25, 0.3) is 5.56 Å². The summed E-state index contributed by atoms with van der Waals surface area (Å²) in [7, 11) is 0. The number of aliphatic hydroxyl groups excluding tert-OH is 1. The minimum atomic E-state index is -1.48. The highest BCUT2D eigenvalue weighted by atomic mass is 16.7. The molecule has 1 atom stereocenters. The highest BCUT2D eigenvalue weighted by Crippen LogP contribution is 2.42. The molecule has 39 heavy (non-hydrogen) atoms. The van der Waals surface area contributed by atoms with Crippen molar-refractivity contribution in [3.05, 3.63) is 50.8 Å². The van der Waals surface area contributed by atoms with Crippen LogP contribution in [0.1, 0.15) is 42.2 Å². The highest BCUT2D eigenvalue weighted by Gasteiger charge is 2.35. The molecule has 1 fully saturated rings. The van der Waals surface area contributed by atoms with E-state index in [0.717, 1.165) is 61.3 Å². The van der Waals surface area contributed by atoms with Crippen molar-refractivity contribution in [2.75, 3.05) is 46.1 Å². The molecule has 3 aromatic rings. The molecule has 1 aromatic carbocycles. The van der Waals surface area contributed by atoms with Gasteiger partial charge in [-0.25, -0.2) is 9.78 Å². The molecule has 0 radical (unpaired) electrons. The van der Waals surface area contributed by atoms with Crippen molar-refractivity contribution in [1.29, 1.82) is 0 Å². The summed E-state index contributed by atoms with van der Waals surface area (Å²) >= 11 is 0. The number of benzene rings is 1. The lowest BCUT2D eigenvalue weighted by molar-refractivity contribution is -0.157. The number of pyridine rings is 2. The molecule has 4 aliphatic heterocycles. The molecule has 3 N–H and O–H groups in total. The van der Waals surface area contributed by atoms with Crippen LogP contribution in [0, 0.1) is 0 Å². The number of aromatic nitrogens is 2. The van der Waals surface area contributed by atoms with E-state index in [4.69, 9.17) is 19.2 Å². The maximum Gasteiger partial charge on any atom is 0.340 e. The zero-order valence-corrected chi connectivity index (χ0v) is 22.2. The van der Waals surface area contributed by atoms with E-state index in [1.54, 1.807) is 10.6 Å². The summed E-state index contributed by atoms with van der Waals surface area (Å²) in [5, 5.41) is 18.3. The van der Waals surface area contributed by atoms with Gasteiger partial charge in [0.1, 0.15) is 6.61 Å². The Bertz CT molecular complexity index is 1500. The number of esters is 1. The van der Waals surface area contributed by atoms with Gasteiger partial charge >= 0.3 is 5.97 Å². The molecule has 4 aliphatic rings. The Morgan fingerprint density at radius 2 is 1.85 bits per heavy atom. The van der Waals surface area contributed by atoms with Gasteiger partial charge in [-0.05, 0) is 17.7 Å². The predicted octanol–water partition coefficient (Wildman–Crippen LogP) is 1.27. The van der Waals surface area contributed by atoms with Gasteiger partial charge in [-0.2, -0.15) is 0 Å². The standard InChI is InChI=1S/C26H27N5O6.C2H6/c32-24-15-7-20-23-17(11-31(20)25(33)18(15)12-35-26(24)34)16(10-28-3-6-30-4-1-27-2-5-30)14-8-21-22(37-13-36-21)9-19(14)29-23;1-2/h7-9,24,27-28,32H,1-6,10-13H2;1-2H3. The molecule has 1 saturated heterocycles. The number of ether oxygens (including phenoxy) is 3. The molecule has 0 bridgehead atoms. The molecule has 0 saturated carbocycles. The number of nitrogens with one attached hydrogen (secondary N) is 2. The van der Waals surface area contributed by atoms with E-state index < -0.39 is 12.1 Å². The van der Waals surface area contributed by atoms with E-state index in [1.165, 1.54) is 0 Å². The van der Waals surface area contributed by atoms with Crippen molar-refractivity contribution in [2.24, 2.45) is 0 Å². The van der Waals surface area contributed by atoms with Crippen LogP contribution in [-0.4, -0.2) is 71.6 Å². The van der Waals surface area contributed by atoms with Crippen molar-refractivity contribution in [3.8, 4) is 22.9 Å². The molecule has 7 rings (SSSR count). The smallest absolute Gasteiger partial charge is 0.340 e.